The van der Waals surface area contributed by atoms with Gasteiger partial charge < -0.3 is 4.98 Å². The number of Topliss-reactive ketones (excluding diaryl/α,β-unsaturated/α-hetero) is 1. The van der Waals surface area contributed by atoms with Crippen molar-refractivity contribution in [1.29, 1.82) is 0 Å². The van der Waals surface area contributed by atoms with E-state index in [4.69, 9.17) is 4.98 Å². The molecule has 0 bridgehead atoms. The summed E-state index contributed by atoms with van der Waals surface area (Å²) in [4.78, 5) is 21.2. The number of aromatic nitrogens is 2. The molecule has 3 aromatic rings. The van der Waals surface area contributed by atoms with Crippen LogP contribution in [0.5, 0.6) is 0 Å². The van der Waals surface area contributed by atoms with Crippen molar-refractivity contribution in [2.24, 2.45) is 0 Å². The summed E-state index contributed by atoms with van der Waals surface area (Å²) in [5, 5.41) is 1.10. The average molecular weight is 324 g/mol. The molecule has 118 valence electrons. The lowest BCUT2D eigenvalue weighted by Crippen LogP contribution is -1.95. The van der Waals surface area contributed by atoms with Crippen molar-refractivity contribution >= 4 is 17.1 Å². The molecule has 0 aliphatic heterocycles. The number of hydrogen-bond donors (Lipinski definition) is 1. The molecular formula is C19H20N2OS. The summed E-state index contributed by atoms with van der Waals surface area (Å²) in [6.45, 7) is 7.64. The maximum Gasteiger partial charge on any atom is 0.161 e. The molecule has 23 heavy (non-hydrogen) atoms. The largest absolute Gasteiger partial charge is 0.356 e. The fraction of sp³-hybridized carbons (Fsp3) is 0.263. The number of nitrogens with zero attached hydrogens (tertiary/aromatic N) is 1. The minimum Gasteiger partial charge on any atom is -0.356 e. The molecule has 0 aliphatic carbocycles. The van der Waals surface area contributed by atoms with Crippen molar-refractivity contribution in [2.75, 3.05) is 0 Å². The topological polar surface area (TPSA) is 45.8 Å². The van der Waals surface area contributed by atoms with Gasteiger partial charge in [0.05, 0.1) is 10.7 Å². The zero-order chi connectivity index (χ0) is 16.6. The molecule has 0 atom stereocenters. The van der Waals surface area contributed by atoms with Crippen LogP contribution >= 0.6 is 11.3 Å². The molecule has 0 spiro atoms. The highest BCUT2D eigenvalue weighted by atomic mass is 32.1. The van der Waals surface area contributed by atoms with Gasteiger partial charge in [0.2, 0.25) is 0 Å². The maximum atomic E-state index is 11.8. The average Bonchev–Trinajstić information content (AvgIpc) is 2.99. The van der Waals surface area contributed by atoms with E-state index in [2.05, 4.69) is 24.0 Å². The van der Waals surface area contributed by atoms with Gasteiger partial charge in [0, 0.05) is 22.6 Å². The van der Waals surface area contributed by atoms with Crippen LogP contribution in [0.2, 0.25) is 0 Å². The molecule has 0 radical (unpaired) electrons. The van der Waals surface area contributed by atoms with Gasteiger partial charge in [0.25, 0.3) is 0 Å². The second-order valence-corrected chi connectivity index (χ2v) is 7.14. The third-order valence-corrected chi connectivity index (χ3v) is 5.04. The summed E-state index contributed by atoms with van der Waals surface area (Å²) in [5.74, 6) is 0.0971. The molecule has 1 N–H and O–H groups in total. The molecule has 0 saturated heterocycles. The summed E-state index contributed by atoms with van der Waals surface area (Å²) < 4.78 is 0. The van der Waals surface area contributed by atoms with Crippen LogP contribution in [0.4, 0.5) is 0 Å². The molecule has 1 aromatic carbocycles. The molecule has 4 heteroatoms. The molecule has 0 fully saturated rings. The predicted molar refractivity (Wildman–Crippen MR) is 95.4 cm³/mol. The Hall–Kier alpha value is -2.20. The van der Waals surface area contributed by atoms with Gasteiger partial charge in [-0.15, -0.1) is 11.3 Å². The zero-order valence-electron chi connectivity index (χ0n) is 13.9. The summed E-state index contributed by atoms with van der Waals surface area (Å²) in [7, 11) is 0. The number of carbonyl (C=O) groups is 1. The highest BCUT2D eigenvalue weighted by molar-refractivity contribution is 7.12. The molecule has 3 rings (SSSR count). The number of rotatable bonds is 4. The van der Waals surface area contributed by atoms with E-state index in [0.717, 1.165) is 39.6 Å². The fourth-order valence-corrected chi connectivity index (χ4v) is 4.02. The lowest BCUT2D eigenvalue weighted by molar-refractivity contribution is 0.101. The summed E-state index contributed by atoms with van der Waals surface area (Å²) in [6.07, 6.45) is 0.838. The van der Waals surface area contributed by atoms with Crippen LogP contribution in [-0.2, 0) is 6.42 Å². The van der Waals surface area contributed by atoms with Crippen LogP contribution in [0.25, 0.3) is 11.4 Å². The van der Waals surface area contributed by atoms with E-state index in [9.17, 15) is 4.79 Å². The monoisotopic (exact) mass is 324 g/mol. The highest BCUT2D eigenvalue weighted by Gasteiger charge is 2.20. The van der Waals surface area contributed by atoms with Crippen molar-refractivity contribution in [3.63, 3.8) is 0 Å². The number of carbonyl (C=O) groups excluding carboxylic acids is 1. The predicted octanol–water partition coefficient (Wildman–Crippen LogP) is 4.86. The molecule has 0 aliphatic rings. The minimum absolute atomic E-state index is 0.0971. The van der Waals surface area contributed by atoms with Crippen LogP contribution in [0, 0.1) is 20.8 Å². The highest BCUT2D eigenvalue weighted by Crippen LogP contribution is 2.32. The van der Waals surface area contributed by atoms with Gasteiger partial charge in [-0.1, -0.05) is 30.3 Å². The summed E-state index contributed by atoms with van der Waals surface area (Å²) >= 11 is 1.72. The Labute approximate surface area is 140 Å². The van der Waals surface area contributed by atoms with E-state index < -0.39 is 0 Å². The number of H-pyrrole nitrogens is 1. The van der Waals surface area contributed by atoms with Crippen LogP contribution in [0.15, 0.2) is 30.3 Å². The van der Waals surface area contributed by atoms with Gasteiger partial charge in [0.1, 0.15) is 5.69 Å². The Morgan fingerprint density at radius 1 is 1.17 bits per heavy atom. The van der Waals surface area contributed by atoms with E-state index in [1.54, 1.807) is 18.3 Å². The van der Waals surface area contributed by atoms with Gasteiger partial charge in [0.15, 0.2) is 5.78 Å². The fourth-order valence-electron chi connectivity index (χ4n) is 3.04. The smallest absolute Gasteiger partial charge is 0.161 e. The van der Waals surface area contributed by atoms with Crippen molar-refractivity contribution in [1.82, 2.24) is 9.97 Å². The quantitative estimate of drug-likeness (QED) is 0.697. The number of thiazole rings is 1. The Morgan fingerprint density at radius 3 is 2.48 bits per heavy atom. The number of benzene rings is 1. The first kappa shape index (κ1) is 15.7. The first-order chi connectivity index (χ1) is 11.0. The zero-order valence-corrected chi connectivity index (χ0v) is 14.7. The molecule has 3 nitrogen and oxygen atoms in total. The Kier molecular flexibility index (Phi) is 4.18. The number of ketones is 1. The second-order valence-electron chi connectivity index (χ2n) is 5.86. The van der Waals surface area contributed by atoms with E-state index >= 15 is 0 Å². The number of hydrogen-bond acceptors (Lipinski definition) is 3. The maximum absolute atomic E-state index is 11.8. The molecule has 0 unspecified atom stereocenters. The van der Waals surface area contributed by atoms with Crippen molar-refractivity contribution in [2.45, 2.75) is 34.1 Å². The van der Waals surface area contributed by atoms with E-state index in [-0.39, 0.29) is 5.78 Å². The Balaban J connectivity index is 1.99. The van der Waals surface area contributed by atoms with E-state index in [1.165, 1.54) is 10.4 Å². The molecule has 2 heterocycles. The van der Waals surface area contributed by atoms with E-state index in [1.807, 2.05) is 32.0 Å². The van der Waals surface area contributed by atoms with Gasteiger partial charge in [-0.2, -0.15) is 0 Å². The number of aromatic amines is 1. The van der Waals surface area contributed by atoms with Gasteiger partial charge in [-0.25, -0.2) is 4.98 Å². The lowest BCUT2D eigenvalue weighted by Gasteiger charge is -1.99. The first-order valence-electron chi connectivity index (χ1n) is 7.68. The third-order valence-electron chi connectivity index (χ3n) is 4.07. The van der Waals surface area contributed by atoms with Gasteiger partial charge in [-0.3, -0.25) is 4.79 Å². The van der Waals surface area contributed by atoms with Crippen molar-refractivity contribution < 1.29 is 4.79 Å². The standard InChI is InChI=1S/C19H20N2OS/c1-11-17(13(3)22)12(2)20-18(11)19-14(4)23-16(21-19)10-15-8-6-5-7-9-15/h5-9,20H,10H2,1-4H3. The molecule has 2 aromatic heterocycles. The lowest BCUT2D eigenvalue weighted by atomic mass is 10.1. The van der Waals surface area contributed by atoms with Crippen molar-refractivity contribution in [3.05, 3.63) is 62.6 Å². The second kappa shape index (κ2) is 6.13. The van der Waals surface area contributed by atoms with Gasteiger partial charge >= 0.3 is 0 Å². The van der Waals surface area contributed by atoms with E-state index in [0.29, 0.717) is 0 Å². The van der Waals surface area contributed by atoms with Gasteiger partial charge in [-0.05, 0) is 38.8 Å². The summed E-state index contributed by atoms with van der Waals surface area (Å²) in [6, 6.07) is 10.4. The van der Waals surface area contributed by atoms with Crippen LogP contribution in [0.3, 0.4) is 0 Å². The number of aryl methyl sites for hydroxylation is 2. The van der Waals surface area contributed by atoms with Crippen LogP contribution < -0.4 is 0 Å². The van der Waals surface area contributed by atoms with Crippen LogP contribution in [0.1, 0.15) is 44.0 Å². The molecular weight excluding hydrogens is 304 g/mol. The normalized spacial score (nSPS) is 11.0. The Bertz CT molecular complexity index is 859. The Morgan fingerprint density at radius 2 is 1.87 bits per heavy atom. The minimum atomic E-state index is 0.0971. The SMILES string of the molecule is CC(=O)c1c(C)[nH]c(-c2nc(Cc3ccccc3)sc2C)c1C. The molecule has 0 saturated carbocycles. The van der Waals surface area contributed by atoms with Crippen molar-refractivity contribution in [3.8, 4) is 11.4 Å². The van der Waals surface area contributed by atoms with Crippen LogP contribution in [-0.4, -0.2) is 15.8 Å². The third kappa shape index (κ3) is 2.99. The number of nitrogens with one attached hydrogen (secondary N) is 1. The molecule has 0 amide bonds. The summed E-state index contributed by atoms with van der Waals surface area (Å²) in [5.41, 5.74) is 5.90. The first-order valence-corrected chi connectivity index (χ1v) is 8.49.